The van der Waals surface area contributed by atoms with E-state index in [0.29, 0.717) is 11.1 Å². The maximum absolute atomic E-state index is 12.9. The summed E-state index contributed by atoms with van der Waals surface area (Å²) >= 11 is 0. The van der Waals surface area contributed by atoms with Crippen LogP contribution in [0, 0.1) is 0 Å². The predicted molar refractivity (Wildman–Crippen MR) is 128 cm³/mol. The largest absolute Gasteiger partial charge is 0.456 e. The summed E-state index contributed by atoms with van der Waals surface area (Å²) in [5.74, 6) is -1.29. The van der Waals surface area contributed by atoms with Crippen LogP contribution >= 0.6 is 0 Å². The van der Waals surface area contributed by atoms with Crippen LogP contribution in [-0.4, -0.2) is 30.3 Å². The molecular weight excluding hydrogens is 414 g/mol. The fourth-order valence-corrected chi connectivity index (χ4v) is 3.42. The summed E-state index contributed by atoms with van der Waals surface area (Å²) in [5, 5.41) is 2.77. The molecule has 3 rings (SSSR count). The maximum Gasteiger partial charge on any atom is 0.329 e. The van der Waals surface area contributed by atoms with Crippen LogP contribution in [-0.2, 0) is 28.8 Å². The minimum Gasteiger partial charge on any atom is -0.456 e. The molecule has 0 spiro atoms. The Balaban J connectivity index is 1.68. The van der Waals surface area contributed by atoms with Crippen molar-refractivity contribution in [2.45, 2.75) is 39.2 Å². The molecule has 1 amide bonds. The fourth-order valence-electron chi connectivity index (χ4n) is 3.42. The van der Waals surface area contributed by atoms with Gasteiger partial charge in [-0.3, -0.25) is 9.59 Å². The monoisotopic (exact) mass is 443 g/mol. The van der Waals surface area contributed by atoms with Gasteiger partial charge in [-0.05, 0) is 41.7 Å². The summed E-state index contributed by atoms with van der Waals surface area (Å²) in [4.78, 5) is 38.1. The molecule has 0 heterocycles. The van der Waals surface area contributed by atoms with Gasteiger partial charge in [-0.15, -0.1) is 0 Å². The van der Waals surface area contributed by atoms with Gasteiger partial charge in [-0.1, -0.05) is 80.6 Å². The number of aryl methyl sites for hydroxylation is 2. The summed E-state index contributed by atoms with van der Waals surface area (Å²) in [6.07, 6.45) is 2.02. The highest BCUT2D eigenvalue weighted by Crippen LogP contribution is 2.10. The third kappa shape index (κ3) is 6.88. The standard InChI is InChI=1S/C28H29NO4/c1-3-20-10-14-23(15-11-20)26(30)19-33-28(32)25(18-22-8-6-5-7-9-22)29-27(31)24-16-12-21(4-2)13-17-24/h5-17,25H,3-4,18-19H2,1-2H3,(H,29,31)/t25-/m1/s1. The number of benzene rings is 3. The van der Waals surface area contributed by atoms with E-state index in [2.05, 4.69) is 5.32 Å². The number of rotatable bonds is 10. The Labute approximate surface area is 194 Å². The lowest BCUT2D eigenvalue weighted by Gasteiger charge is -2.18. The lowest BCUT2D eigenvalue weighted by molar-refractivity contribution is -0.144. The van der Waals surface area contributed by atoms with Crippen molar-refractivity contribution >= 4 is 17.7 Å². The maximum atomic E-state index is 12.9. The van der Waals surface area contributed by atoms with Crippen molar-refractivity contribution in [3.05, 3.63) is 107 Å². The highest BCUT2D eigenvalue weighted by molar-refractivity contribution is 5.99. The van der Waals surface area contributed by atoms with Crippen molar-refractivity contribution in [2.24, 2.45) is 0 Å². The molecule has 0 saturated carbocycles. The molecule has 3 aromatic rings. The van der Waals surface area contributed by atoms with Crippen molar-refractivity contribution < 1.29 is 19.1 Å². The molecule has 0 aromatic heterocycles. The lowest BCUT2D eigenvalue weighted by atomic mass is 10.0. The second kappa shape index (κ2) is 11.8. The first-order chi connectivity index (χ1) is 16.0. The van der Waals surface area contributed by atoms with Crippen LogP contribution in [0.3, 0.4) is 0 Å². The highest BCUT2D eigenvalue weighted by atomic mass is 16.5. The molecule has 1 atom stereocenters. The number of ether oxygens (including phenoxy) is 1. The average Bonchev–Trinajstić information content (AvgIpc) is 2.87. The minimum atomic E-state index is -0.916. The van der Waals surface area contributed by atoms with Gasteiger partial charge in [-0.25, -0.2) is 4.79 Å². The molecule has 0 fully saturated rings. The SMILES string of the molecule is CCc1ccc(C(=O)COC(=O)[C@@H](Cc2ccccc2)NC(=O)c2ccc(CC)cc2)cc1. The van der Waals surface area contributed by atoms with Gasteiger partial charge in [0.2, 0.25) is 0 Å². The Morgan fingerprint density at radius 3 is 1.82 bits per heavy atom. The van der Waals surface area contributed by atoms with Crippen molar-refractivity contribution in [1.29, 1.82) is 0 Å². The number of amides is 1. The van der Waals surface area contributed by atoms with Crippen molar-refractivity contribution in [3.63, 3.8) is 0 Å². The molecule has 0 saturated heterocycles. The molecule has 170 valence electrons. The first kappa shape index (κ1) is 23.9. The van der Waals surface area contributed by atoms with Crippen LogP contribution in [0.5, 0.6) is 0 Å². The van der Waals surface area contributed by atoms with Gasteiger partial charge in [-0.2, -0.15) is 0 Å². The summed E-state index contributed by atoms with van der Waals surface area (Å²) in [5.41, 5.74) is 4.07. The lowest BCUT2D eigenvalue weighted by Crippen LogP contribution is -2.43. The van der Waals surface area contributed by atoms with Crippen molar-refractivity contribution in [1.82, 2.24) is 5.32 Å². The third-order valence-corrected chi connectivity index (χ3v) is 5.53. The van der Waals surface area contributed by atoms with Gasteiger partial charge in [0.05, 0.1) is 0 Å². The topological polar surface area (TPSA) is 72.5 Å². The first-order valence-corrected chi connectivity index (χ1v) is 11.2. The number of hydrogen-bond acceptors (Lipinski definition) is 4. The predicted octanol–water partition coefficient (Wildman–Crippen LogP) is 4.58. The molecule has 5 nitrogen and oxygen atoms in total. The minimum absolute atomic E-state index is 0.262. The van der Waals surface area contributed by atoms with Crippen LogP contribution in [0.2, 0.25) is 0 Å². The van der Waals surface area contributed by atoms with Crippen LogP contribution in [0.15, 0.2) is 78.9 Å². The Kier molecular flexibility index (Phi) is 8.53. The zero-order valence-electron chi connectivity index (χ0n) is 19.0. The molecule has 33 heavy (non-hydrogen) atoms. The first-order valence-electron chi connectivity index (χ1n) is 11.2. The zero-order chi connectivity index (χ0) is 23.6. The van der Waals surface area contributed by atoms with Crippen LogP contribution in [0.1, 0.15) is 51.3 Å². The molecule has 5 heteroatoms. The zero-order valence-corrected chi connectivity index (χ0v) is 19.0. The van der Waals surface area contributed by atoms with E-state index in [1.54, 1.807) is 24.3 Å². The Bertz CT molecular complexity index is 1070. The van der Waals surface area contributed by atoms with E-state index in [-0.39, 0.29) is 24.7 Å². The van der Waals surface area contributed by atoms with Gasteiger partial charge in [0.1, 0.15) is 6.04 Å². The van der Waals surface area contributed by atoms with E-state index in [0.717, 1.165) is 29.5 Å². The Morgan fingerprint density at radius 2 is 1.27 bits per heavy atom. The Hall–Kier alpha value is -3.73. The van der Waals surface area contributed by atoms with Gasteiger partial charge in [0, 0.05) is 17.5 Å². The van der Waals surface area contributed by atoms with Crippen LogP contribution < -0.4 is 5.32 Å². The van der Waals surface area contributed by atoms with E-state index in [1.165, 1.54) is 0 Å². The normalized spacial score (nSPS) is 11.5. The van der Waals surface area contributed by atoms with Gasteiger partial charge in [0.25, 0.3) is 5.91 Å². The number of carbonyl (C=O) groups is 3. The van der Waals surface area contributed by atoms with E-state index >= 15 is 0 Å². The van der Waals surface area contributed by atoms with Crippen LogP contribution in [0.4, 0.5) is 0 Å². The van der Waals surface area contributed by atoms with Gasteiger partial charge < -0.3 is 10.1 Å². The van der Waals surface area contributed by atoms with E-state index < -0.39 is 12.0 Å². The van der Waals surface area contributed by atoms with Gasteiger partial charge in [0.15, 0.2) is 12.4 Å². The molecule has 3 aromatic carbocycles. The number of ketones is 1. The highest BCUT2D eigenvalue weighted by Gasteiger charge is 2.24. The smallest absolute Gasteiger partial charge is 0.329 e. The number of hydrogen-bond donors (Lipinski definition) is 1. The second-order valence-electron chi connectivity index (χ2n) is 7.85. The third-order valence-electron chi connectivity index (χ3n) is 5.53. The number of carbonyl (C=O) groups excluding carboxylic acids is 3. The average molecular weight is 444 g/mol. The van der Waals surface area contributed by atoms with E-state index in [9.17, 15) is 14.4 Å². The van der Waals surface area contributed by atoms with E-state index in [1.807, 2.05) is 68.4 Å². The van der Waals surface area contributed by atoms with Gasteiger partial charge >= 0.3 is 5.97 Å². The number of nitrogens with one attached hydrogen (secondary N) is 1. The summed E-state index contributed by atoms with van der Waals surface area (Å²) in [6, 6.07) is 23.0. The molecule has 0 unspecified atom stereocenters. The number of Topliss-reactive ketones (excluding diaryl/α,β-unsaturated/α-hetero) is 1. The summed E-state index contributed by atoms with van der Waals surface area (Å²) in [7, 11) is 0. The Morgan fingerprint density at radius 1 is 0.727 bits per heavy atom. The van der Waals surface area contributed by atoms with E-state index in [4.69, 9.17) is 4.74 Å². The molecule has 0 bridgehead atoms. The van der Waals surface area contributed by atoms with Crippen LogP contribution in [0.25, 0.3) is 0 Å². The van der Waals surface area contributed by atoms with Crippen molar-refractivity contribution in [3.8, 4) is 0 Å². The number of esters is 1. The second-order valence-corrected chi connectivity index (χ2v) is 7.85. The summed E-state index contributed by atoms with van der Waals surface area (Å²) in [6.45, 7) is 3.70. The van der Waals surface area contributed by atoms with Crippen molar-refractivity contribution in [2.75, 3.05) is 6.61 Å². The molecule has 1 N–H and O–H groups in total. The molecule has 0 aliphatic rings. The molecule has 0 aliphatic carbocycles. The molecule has 0 aliphatic heterocycles. The quantitative estimate of drug-likeness (QED) is 0.368. The fraction of sp³-hybridized carbons (Fsp3) is 0.250. The molecule has 0 radical (unpaired) electrons. The molecular formula is C28H29NO4. The summed E-state index contributed by atoms with van der Waals surface area (Å²) < 4.78 is 5.32.